The first-order valence-electron chi connectivity index (χ1n) is 7.06. The Hall–Kier alpha value is -2.73. The monoisotopic (exact) mass is 325 g/mol. The van der Waals surface area contributed by atoms with Crippen LogP contribution in [0.4, 0.5) is 0 Å². The fourth-order valence-corrected chi connectivity index (χ4v) is 3.18. The Kier molecular flexibility index (Phi) is 4.08. The van der Waals surface area contributed by atoms with Crippen LogP contribution >= 0.6 is 11.3 Å². The fraction of sp³-hybridized carbons (Fsp3) is 0.118. The summed E-state index contributed by atoms with van der Waals surface area (Å²) >= 11 is 1.48. The summed E-state index contributed by atoms with van der Waals surface area (Å²) in [4.78, 5) is 24.2. The van der Waals surface area contributed by atoms with Gasteiger partial charge >= 0.3 is 0 Å². The van der Waals surface area contributed by atoms with Gasteiger partial charge < -0.3 is 5.73 Å². The van der Waals surface area contributed by atoms with E-state index in [9.17, 15) is 9.59 Å². The maximum atomic E-state index is 11.4. The van der Waals surface area contributed by atoms with Gasteiger partial charge in [0.25, 0.3) is 0 Å². The highest BCUT2D eigenvalue weighted by Crippen LogP contribution is 2.31. The van der Waals surface area contributed by atoms with Crippen LogP contribution in [0.1, 0.15) is 16.6 Å². The van der Waals surface area contributed by atoms with Crippen molar-refractivity contribution >= 4 is 23.0 Å². The zero-order valence-electron chi connectivity index (χ0n) is 12.5. The highest BCUT2D eigenvalue weighted by molar-refractivity contribution is 7.17. The summed E-state index contributed by atoms with van der Waals surface area (Å²) in [6.07, 6.45) is 1.73. The van der Waals surface area contributed by atoms with Gasteiger partial charge in [0, 0.05) is 16.6 Å². The quantitative estimate of drug-likeness (QED) is 0.733. The van der Waals surface area contributed by atoms with E-state index in [1.165, 1.54) is 16.0 Å². The highest BCUT2D eigenvalue weighted by atomic mass is 32.1. The predicted molar refractivity (Wildman–Crippen MR) is 90.2 cm³/mol. The molecule has 23 heavy (non-hydrogen) atoms. The number of benzene rings is 1. The molecule has 116 valence electrons. The summed E-state index contributed by atoms with van der Waals surface area (Å²) in [5.41, 5.74) is 7.93. The molecular formula is C17H15N3O2S. The fourth-order valence-electron chi connectivity index (χ4n) is 2.28. The van der Waals surface area contributed by atoms with Gasteiger partial charge in [0.15, 0.2) is 5.78 Å². The van der Waals surface area contributed by atoms with Crippen molar-refractivity contribution in [3.63, 3.8) is 0 Å². The van der Waals surface area contributed by atoms with Crippen molar-refractivity contribution in [3.05, 3.63) is 53.5 Å². The third-order valence-corrected chi connectivity index (χ3v) is 4.59. The molecule has 0 aliphatic carbocycles. The molecule has 5 nitrogen and oxygen atoms in total. The number of Topliss-reactive ketones (excluding diaryl/α,β-unsaturated/α-hetero) is 1. The number of primary amides is 1. The largest absolute Gasteiger partial charge is 0.368 e. The van der Waals surface area contributed by atoms with E-state index in [-0.39, 0.29) is 12.3 Å². The molecule has 0 fully saturated rings. The first-order chi connectivity index (χ1) is 11.0. The van der Waals surface area contributed by atoms with Crippen molar-refractivity contribution in [2.45, 2.75) is 13.5 Å². The van der Waals surface area contributed by atoms with E-state index in [1.807, 2.05) is 42.5 Å². The summed E-state index contributed by atoms with van der Waals surface area (Å²) in [5.74, 6) is -0.355. The van der Waals surface area contributed by atoms with E-state index >= 15 is 0 Å². The van der Waals surface area contributed by atoms with Gasteiger partial charge in [-0.25, -0.2) is 0 Å². The molecule has 0 atom stereocenters. The van der Waals surface area contributed by atoms with Crippen molar-refractivity contribution in [1.29, 1.82) is 0 Å². The molecule has 1 amide bonds. The Morgan fingerprint density at radius 2 is 1.96 bits per heavy atom. The number of thiophene rings is 1. The van der Waals surface area contributed by atoms with Gasteiger partial charge in [-0.2, -0.15) is 5.10 Å². The third-order valence-electron chi connectivity index (χ3n) is 3.35. The second kappa shape index (κ2) is 6.18. The molecule has 6 heteroatoms. The average Bonchev–Trinajstić information content (AvgIpc) is 3.16. The lowest BCUT2D eigenvalue weighted by molar-refractivity contribution is -0.118. The van der Waals surface area contributed by atoms with Crippen LogP contribution < -0.4 is 5.73 Å². The number of amides is 1. The number of nitrogens with zero attached hydrogens (tertiary/aromatic N) is 2. The topological polar surface area (TPSA) is 78.0 Å². The summed E-state index contributed by atoms with van der Waals surface area (Å²) in [5, 5.41) is 4.35. The normalized spacial score (nSPS) is 10.7. The molecule has 0 bridgehead atoms. The van der Waals surface area contributed by atoms with Crippen molar-refractivity contribution < 1.29 is 9.59 Å². The van der Waals surface area contributed by atoms with Gasteiger partial charge in [-0.1, -0.05) is 18.2 Å². The Balaban J connectivity index is 1.91. The van der Waals surface area contributed by atoms with Crippen LogP contribution in [0.5, 0.6) is 0 Å². The van der Waals surface area contributed by atoms with Crippen molar-refractivity contribution in [2.75, 3.05) is 0 Å². The van der Waals surface area contributed by atoms with Gasteiger partial charge in [-0.15, -0.1) is 11.3 Å². The second-order valence-corrected chi connectivity index (χ2v) is 6.25. The third kappa shape index (κ3) is 3.37. The standard InChI is InChI=1S/C17H15N3O2S/c1-11(21)15-5-6-16(23-15)13-4-2-3-12(9-13)14-7-8-20(19-14)10-17(18)22/h2-9H,10H2,1H3,(H2,18,22). The molecule has 2 heterocycles. The van der Waals surface area contributed by atoms with E-state index < -0.39 is 5.91 Å². The van der Waals surface area contributed by atoms with Crippen LogP contribution in [0.15, 0.2) is 48.7 Å². The highest BCUT2D eigenvalue weighted by Gasteiger charge is 2.09. The minimum Gasteiger partial charge on any atom is -0.368 e. The van der Waals surface area contributed by atoms with Crippen molar-refractivity contribution in [2.24, 2.45) is 5.73 Å². The van der Waals surface area contributed by atoms with Crippen LogP contribution in [0.3, 0.4) is 0 Å². The van der Waals surface area contributed by atoms with Gasteiger partial charge in [-0.3, -0.25) is 14.3 Å². The molecule has 1 aromatic carbocycles. The predicted octanol–water partition coefficient (Wildman–Crippen LogP) is 2.97. The van der Waals surface area contributed by atoms with Crippen molar-refractivity contribution in [1.82, 2.24) is 9.78 Å². The SMILES string of the molecule is CC(=O)c1ccc(-c2cccc(-c3ccn(CC(N)=O)n3)c2)s1. The Bertz CT molecular complexity index is 879. The molecule has 0 saturated carbocycles. The average molecular weight is 325 g/mol. The van der Waals surface area contributed by atoms with E-state index in [1.54, 1.807) is 13.1 Å². The van der Waals surface area contributed by atoms with Crippen LogP contribution in [-0.4, -0.2) is 21.5 Å². The molecule has 3 rings (SSSR count). The summed E-state index contributed by atoms with van der Waals surface area (Å²) in [7, 11) is 0. The minimum atomic E-state index is -0.427. The number of nitrogens with two attached hydrogens (primary N) is 1. The Labute approximate surface area is 137 Å². The first-order valence-corrected chi connectivity index (χ1v) is 7.88. The number of carbonyl (C=O) groups is 2. The first kappa shape index (κ1) is 15.2. The summed E-state index contributed by atoms with van der Waals surface area (Å²) < 4.78 is 1.52. The number of ketones is 1. The zero-order valence-corrected chi connectivity index (χ0v) is 13.3. The molecular weight excluding hydrogens is 310 g/mol. The summed E-state index contributed by atoms with van der Waals surface area (Å²) in [6, 6.07) is 13.6. The smallest absolute Gasteiger partial charge is 0.239 e. The lowest BCUT2D eigenvalue weighted by atomic mass is 10.1. The van der Waals surface area contributed by atoms with E-state index in [0.717, 1.165) is 26.6 Å². The maximum Gasteiger partial charge on any atom is 0.239 e. The molecule has 0 unspecified atom stereocenters. The molecule has 0 aliphatic heterocycles. The van der Waals surface area contributed by atoms with Crippen molar-refractivity contribution in [3.8, 4) is 21.7 Å². The number of hydrogen-bond acceptors (Lipinski definition) is 4. The van der Waals surface area contributed by atoms with Crippen LogP contribution in [0.25, 0.3) is 21.7 Å². The van der Waals surface area contributed by atoms with E-state index in [4.69, 9.17) is 5.73 Å². The summed E-state index contributed by atoms with van der Waals surface area (Å²) in [6.45, 7) is 1.63. The molecule has 2 N–H and O–H groups in total. The molecule has 0 spiro atoms. The second-order valence-electron chi connectivity index (χ2n) is 5.17. The van der Waals surface area contributed by atoms with E-state index in [0.29, 0.717) is 0 Å². The Morgan fingerprint density at radius 1 is 1.17 bits per heavy atom. The van der Waals surface area contributed by atoms with Crippen LogP contribution in [0.2, 0.25) is 0 Å². The zero-order chi connectivity index (χ0) is 16.4. The van der Waals surface area contributed by atoms with Gasteiger partial charge in [0.2, 0.25) is 5.91 Å². The minimum absolute atomic E-state index is 0.0621. The Morgan fingerprint density at radius 3 is 2.65 bits per heavy atom. The number of hydrogen-bond donors (Lipinski definition) is 1. The molecule has 2 aromatic heterocycles. The molecule has 0 saturated heterocycles. The van der Waals surface area contributed by atoms with Crippen LogP contribution in [0, 0.1) is 0 Å². The number of rotatable bonds is 5. The maximum absolute atomic E-state index is 11.4. The van der Waals surface area contributed by atoms with Gasteiger partial charge in [0.1, 0.15) is 6.54 Å². The lowest BCUT2D eigenvalue weighted by Gasteiger charge is -2.02. The van der Waals surface area contributed by atoms with Gasteiger partial charge in [-0.05, 0) is 36.8 Å². The molecule has 0 radical (unpaired) electrons. The lowest BCUT2D eigenvalue weighted by Crippen LogP contribution is -2.18. The van der Waals surface area contributed by atoms with Crippen LogP contribution in [-0.2, 0) is 11.3 Å². The van der Waals surface area contributed by atoms with E-state index in [2.05, 4.69) is 5.10 Å². The number of aromatic nitrogens is 2. The van der Waals surface area contributed by atoms with Gasteiger partial charge in [0.05, 0.1) is 10.6 Å². The number of carbonyl (C=O) groups excluding carboxylic acids is 2. The molecule has 0 aliphatic rings. The molecule has 3 aromatic rings.